The van der Waals surface area contributed by atoms with Gasteiger partial charge in [0, 0.05) is 11.4 Å². The topological polar surface area (TPSA) is 82.9 Å². The van der Waals surface area contributed by atoms with Crippen LogP contribution in [0.4, 0.5) is 0 Å². The average molecular weight is 298 g/mol. The van der Waals surface area contributed by atoms with Gasteiger partial charge >= 0.3 is 0 Å². The first-order valence-electron chi connectivity index (χ1n) is 7.30. The number of rotatable bonds is 4. The Morgan fingerprint density at radius 1 is 0.955 bits per heavy atom. The van der Waals surface area contributed by atoms with Crippen LogP contribution in [-0.2, 0) is 16.0 Å². The molecule has 0 aliphatic carbocycles. The van der Waals surface area contributed by atoms with E-state index in [1.54, 1.807) is 0 Å². The molecule has 3 rings (SSSR count). The third-order valence-corrected chi connectivity index (χ3v) is 4.32. The lowest BCUT2D eigenvalue weighted by atomic mass is 9.74. The minimum atomic E-state index is -0.404. The summed E-state index contributed by atoms with van der Waals surface area (Å²) in [5, 5.41) is 8.06. The number of nitrogens with one attached hydrogen (secondary N) is 2. The van der Waals surface area contributed by atoms with E-state index in [-0.39, 0.29) is 17.7 Å². The van der Waals surface area contributed by atoms with Crippen LogP contribution in [0.3, 0.4) is 0 Å². The second-order valence-corrected chi connectivity index (χ2v) is 5.77. The molecule has 2 heterocycles. The van der Waals surface area contributed by atoms with E-state index in [1.165, 1.54) is 0 Å². The van der Waals surface area contributed by atoms with Crippen LogP contribution in [0.25, 0.3) is 0 Å². The van der Waals surface area contributed by atoms with Gasteiger partial charge in [0.05, 0.1) is 11.8 Å². The van der Waals surface area contributed by atoms with E-state index < -0.39 is 11.8 Å². The van der Waals surface area contributed by atoms with Crippen molar-refractivity contribution in [2.45, 2.75) is 20.3 Å². The van der Waals surface area contributed by atoms with Crippen molar-refractivity contribution < 1.29 is 9.59 Å². The summed E-state index contributed by atoms with van der Waals surface area (Å²) in [6.45, 7) is 3.64. The van der Waals surface area contributed by atoms with Gasteiger partial charge in [0.1, 0.15) is 0 Å². The van der Waals surface area contributed by atoms with E-state index in [1.807, 2.05) is 44.2 Å². The van der Waals surface area contributed by atoms with Gasteiger partial charge in [-0.2, -0.15) is 10.2 Å². The highest BCUT2D eigenvalue weighted by Crippen LogP contribution is 2.32. The van der Waals surface area contributed by atoms with Gasteiger partial charge < -0.3 is 0 Å². The largest absolute Gasteiger partial charge is 0.272 e. The summed E-state index contributed by atoms with van der Waals surface area (Å²) >= 11 is 0. The number of hydrogen-bond acceptors (Lipinski definition) is 4. The molecule has 114 valence electrons. The first kappa shape index (κ1) is 14.4. The summed E-state index contributed by atoms with van der Waals surface area (Å²) in [5.74, 6) is -1.30. The molecule has 0 spiro atoms. The Morgan fingerprint density at radius 2 is 1.45 bits per heavy atom. The third kappa shape index (κ3) is 2.52. The van der Waals surface area contributed by atoms with E-state index >= 15 is 0 Å². The van der Waals surface area contributed by atoms with Gasteiger partial charge in [-0.1, -0.05) is 30.3 Å². The van der Waals surface area contributed by atoms with E-state index in [4.69, 9.17) is 0 Å². The fourth-order valence-corrected chi connectivity index (χ4v) is 3.27. The van der Waals surface area contributed by atoms with E-state index in [0.717, 1.165) is 17.0 Å². The van der Waals surface area contributed by atoms with E-state index in [9.17, 15) is 9.59 Å². The number of amides is 2. The van der Waals surface area contributed by atoms with Crippen LogP contribution in [0, 0.1) is 17.8 Å². The molecule has 1 aromatic rings. The van der Waals surface area contributed by atoms with Crippen molar-refractivity contribution in [1.29, 1.82) is 0 Å². The molecule has 0 aromatic heterocycles. The minimum Gasteiger partial charge on any atom is -0.272 e. The van der Waals surface area contributed by atoms with Gasteiger partial charge in [0.25, 0.3) is 0 Å². The van der Waals surface area contributed by atoms with Crippen molar-refractivity contribution in [1.82, 2.24) is 10.9 Å². The molecule has 0 bridgehead atoms. The molecule has 2 N–H and O–H groups in total. The quantitative estimate of drug-likeness (QED) is 0.872. The normalized spacial score (nSPS) is 25.4. The summed E-state index contributed by atoms with van der Waals surface area (Å²) in [4.78, 5) is 24.4. The molecule has 6 nitrogen and oxygen atoms in total. The SMILES string of the molecule is CC1=NNC(=O)C1C(Cc1ccccc1)C1C(=O)NN=C1C. The van der Waals surface area contributed by atoms with Gasteiger partial charge in [-0.25, -0.2) is 10.9 Å². The maximum absolute atomic E-state index is 12.2. The van der Waals surface area contributed by atoms with Crippen LogP contribution in [0.15, 0.2) is 40.5 Å². The molecule has 2 atom stereocenters. The first-order valence-corrected chi connectivity index (χ1v) is 7.30. The van der Waals surface area contributed by atoms with Crippen molar-refractivity contribution in [3.8, 4) is 0 Å². The Labute approximate surface area is 128 Å². The summed E-state index contributed by atoms with van der Waals surface area (Å²) in [6, 6.07) is 9.87. The molecule has 2 aliphatic rings. The Bertz CT molecular complexity index is 628. The smallest absolute Gasteiger partial charge is 0.249 e. The van der Waals surface area contributed by atoms with Crippen LogP contribution in [0.1, 0.15) is 19.4 Å². The second kappa shape index (κ2) is 5.71. The lowest BCUT2D eigenvalue weighted by Gasteiger charge is -2.26. The van der Waals surface area contributed by atoms with Crippen molar-refractivity contribution in [2.75, 3.05) is 0 Å². The van der Waals surface area contributed by atoms with Crippen LogP contribution in [-0.4, -0.2) is 23.2 Å². The molecular weight excluding hydrogens is 280 g/mol. The Hall–Kier alpha value is -2.50. The maximum atomic E-state index is 12.2. The monoisotopic (exact) mass is 298 g/mol. The van der Waals surface area contributed by atoms with Gasteiger partial charge in [-0.05, 0) is 31.7 Å². The van der Waals surface area contributed by atoms with Crippen molar-refractivity contribution in [3.63, 3.8) is 0 Å². The molecule has 0 saturated heterocycles. The van der Waals surface area contributed by atoms with Crippen molar-refractivity contribution in [3.05, 3.63) is 35.9 Å². The highest BCUT2D eigenvalue weighted by Gasteiger charge is 2.44. The molecule has 2 amide bonds. The van der Waals surface area contributed by atoms with Crippen LogP contribution in [0.2, 0.25) is 0 Å². The van der Waals surface area contributed by atoms with E-state index in [0.29, 0.717) is 6.42 Å². The molecule has 22 heavy (non-hydrogen) atoms. The lowest BCUT2D eigenvalue weighted by molar-refractivity contribution is -0.126. The number of carbonyl (C=O) groups is 2. The molecule has 0 radical (unpaired) electrons. The van der Waals surface area contributed by atoms with Crippen LogP contribution >= 0.6 is 0 Å². The predicted octanol–water partition coefficient (Wildman–Crippen LogP) is 1.09. The Kier molecular flexibility index (Phi) is 3.75. The Balaban J connectivity index is 1.95. The predicted molar refractivity (Wildman–Crippen MR) is 83.1 cm³/mol. The standard InChI is InChI=1S/C16H18N4O2/c1-9-13(15(21)19-17-9)12(8-11-6-4-3-5-7-11)14-10(2)18-20-16(14)22/h3-7,12-14H,8H2,1-2H3,(H,19,21)(H,20,22). The number of nitrogens with zero attached hydrogens (tertiary/aromatic N) is 2. The zero-order valence-corrected chi connectivity index (χ0v) is 12.5. The van der Waals surface area contributed by atoms with Gasteiger partial charge in [-0.3, -0.25) is 9.59 Å². The third-order valence-electron chi connectivity index (χ3n) is 4.32. The molecule has 0 saturated carbocycles. The molecular formula is C16H18N4O2. The number of hydrogen-bond donors (Lipinski definition) is 2. The number of hydrazone groups is 2. The van der Waals surface area contributed by atoms with Crippen molar-refractivity contribution in [2.24, 2.45) is 28.0 Å². The van der Waals surface area contributed by atoms with Gasteiger partial charge in [-0.15, -0.1) is 0 Å². The first-order chi connectivity index (χ1) is 10.6. The molecule has 6 heteroatoms. The molecule has 1 aromatic carbocycles. The zero-order valence-electron chi connectivity index (χ0n) is 12.5. The van der Waals surface area contributed by atoms with Crippen molar-refractivity contribution >= 4 is 23.2 Å². The maximum Gasteiger partial charge on any atom is 0.249 e. The van der Waals surface area contributed by atoms with Gasteiger partial charge in [0.15, 0.2) is 0 Å². The highest BCUT2D eigenvalue weighted by atomic mass is 16.2. The summed E-state index contributed by atoms with van der Waals surface area (Å²) < 4.78 is 0. The summed E-state index contributed by atoms with van der Waals surface area (Å²) in [7, 11) is 0. The molecule has 2 unspecified atom stereocenters. The highest BCUT2D eigenvalue weighted by molar-refractivity contribution is 6.11. The number of benzene rings is 1. The molecule has 2 aliphatic heterocycles. The summed E-state index contributed by atoms with van der Waals surface area (Å²) in [5.41, 5.74) is 7.56. The fourth-order valence-electron chi connectivity index (χ4n) is 3.27. The van der Waals surface area contributed by atoms with E-state index in [2.05, 4.69) is 21.1 Å². The molecule has 0 fully saturated rings. The van der Waals surface area contributed by atoms with Crippen LogP contribution in [0.5, 0.6) is 0 Å². The second-order valence-electron chi connectivity index (χ2n) is 5.77. The zero-order chi connectivity index (χ0) is 15.7. The number of carbonyl (C=O) groups excluding carboxylic acids is 2. The van der Waals surface area contributed by atoms with Gasteiger partial charge in [0.2, 0.25) is 11.8 Å². The van der Waals surface area contributed by atoms with Crippen LogP contribution < -0.4 is 10.9 Å². The Morgan fingerprint density at radius 3 is 1.86 bits per heavy atom. The lowest BCUT2D eigenvalue weighted by Crippen LogP contribution is -2.41. The average Bonchev–Trinajstić information content (AvgIpc) is 3.01. The minimum absolute atomic E-state index is 0.147. The fraction of sp³-hybridized carbons (Fsp3) is 0.375. The summed E-state index contributed by atoms with van der Waals surface area (Å²) in [6.07, 6.45) is 0.622.